The van der Waals surface area contributed by atoms with Crippen LogP contribution in [0.4, 0.5) is 5.69 Å². The molecule has 0 aliphatic heterocycles. The minimum atomic E-state index is -0.607. The van der Waals surface area contributed by atoms with Crippen LogP contribution in [0.3, 0.4) is 0 Å². The normalized spacial score (nSPS) is 10.4. The molecule has 0 aliphatic carbocycles. The van der Waals surface area contributed by atoms with Crippen LogP contribution in [0.5, 0.6) is 11.5 Å². The lowest BCUT2D eigenvalue weighted by atomic mass is 10.0. The molecule has 6 nitrogen and oxygen atoms in total. The molecule has 2 rings (SSSR count). The number of nitrogens with one attached hydrogen (secondary N) is 1. The van der Waals surface area contributed by atoms with E-state index < -0.39 is 11.9 Å². The Kier molecular flexibility index (Phi) is 7.23. The van der Waals surface area contributed by atoms with Gasteiger partial charge in [-0.2, -0.15) is 0 Å². The SMILES string of the molecule is CCOc1cc(C(=O)OCC(=O)Nc2ccc(C(C)C)cc2)ccc1OC. The predicted octanol–water partition coefficient (Wildman–Crippen LogP) is 4.01. The molecule has 0 bridgehead atoms. The van der Waals surface area contributed by atoms with E-state index in [2.05, 4.69) is 19.2 Å². The van der Waals surface area contributed by atoms with Crippen molar-refractivity contribution in [2.24, 2.45) is 0 Å². The molecule has 0 saturated carbocycles. The number of anilines is 1. The van der Waals surface area contributed by atoms with Crippen LogP contribution >= 0.6 is 0 Å². The van der Waals surface area contributed by atoms with Gasteiger partial charge in [-0.05, 0) is 48.7 Å². The first kappa shape index (κ1) is 20.3. The number of hydrogen-bond acceptors (Lipinski definition) is 5. The Hall–Kier alpha value is -3.02. The molecule has 144 valence electrons. The number of benzene rings is 2. The molecule has 27 heavy (non-hydrogen) atoms. The van der Waals surface area contributed by atoms with E-state index in [-0.39, 0.29) is 12.2 Å². The van der Waals surface area contributed by atoms with Crippen molar-refractivity contribution in [2.75, 3.05) is 25.6 Å². The van der Waals surface area contributed by atoms with Gasteiger partial charge in [-0.15, -0.1) is 0 Å². The fraction of sp³-hybridized carbons (Fsp3) is 0.333. The Morgan fingerprint density at radius 1 is 1.04 bits per heavy atom. The highest BCUT2D eigenvalue weighted by molar-refractivity contribution is 5.95. The summed E-state index contributed by atoms with van der Waals surface area (Å²) in [5, 5.41) is 2.70. The average Bonchev–Trinajstić information content (AvgIpc) is 2.66. The number of ether oxygens (including phenoxy) is 3. The first-order valence-corrected chi connectivity index (χ1v) is 8.82. The van der Waals surface area contributed by atoms with Crippen molar-refractivity contribution in [2.45, 2.75) is 26.7 Å². The van der Waals surface area contributed by atoms with E-state index in [4.69, 9.17) is 14.2 Å². The summed E-state index contributed by atoms with van der Waals surface area (Å²) in [6.45, 7) is 6.10. The third-order valence-electron chi connectivity index (χ3n) is 3.89. The van der Waals surface area contributed by atoms with Gasteiger partial charge in [-0.25, -0.2) is 4.79 Å². The maximum Gasteiger partial charge on any atom is 0.338 e. The molecule has 6 heteroatoms. The third-order valence-corrected chi connectivity index (χ3v) is 3.89. The maximum atomic E-state index is 12.2. The Bertz CT molecular complexity index is 784. The topological polar surface area (TPSA) is 73.9 Å². The molecule has 0 saturated heterocycles. The number of methoxy groups -OCH3 is 1. The summed E-state index contributed by atoms with van der Waals surface area (Å²) in [6, 6.07) is 12.3. The van der Waals surface area contributed by atoms with Gasteiger partial charge in [0, 0.05) is 5.69 Å². The number of esters is 1. The summed E-state index contributed by atoms with van der Waals surface area (Å²) in [5.41, 5.74) is 2.13. The molecule has 1 N–H and O–H groups in total. The third kappa shape index (κ3) is 5.74. The molecular weight excluding hydrogens is 346 g/mol. The smallest absolute Gasteiger partial charge is 0.338 e. The van der Waals surface area contributed by atoms with Gasteiger partial charge in [-0.3, -0.25) is 4.79 Å². The molecule has 2 aromatic carbocycles. The van der Waals surface area contributed by atoms with Crippen molar-refractivity contribution in [3.63, 3.8) is 0 Å². The Labute approximate surface area is 159 Å². The highest BCUT2D eigenvalue weighted by atomic mass is 16.5. The summed E-state index contributed by atoms with van der Waals surface area (Å²) in [4.78, 5) is 24.2. The molecule has 0 heterocycles. The second kappa shape index (κ2) is 9.62. The molecule has 1 amide bonds. The first-order valence-electron chi connectivity index (χ1n) is 8.82. The summed E-state index contributed by atoms with van der Waals surface area (Å²) in [5.74, 6) is 0.380. The highest BCUT2D eigenvalue weighted by Gasteiger charge is 2.14. The molecule has 0 radical (unpaired) electrons. The summed E-state index contributed by atoms with van der Waals surface area (Å²) >= 11 is 0. The lowest BCUT2D eigenvalue weighted by Crippen LogP contribution is -2.21. The van der Waals surface area contributed by atoms with E-state index in [0.717, 1.165) is 0 Å². The van der Waals surface area contributed by atoms with Crippen molar-refractivity contribution >= 4 is 17.6 Å². The van der Waals surface area contributed by atoms with Crippen LogP contribution < -0.4 is 14.8 Å². The predicted molar refractivity (Wildman–Crippen MR) is 104 cm³/mol. The fourth-order valence-electron chi connectivity index (χ4n) is 2.43. The van der Waals surface area contributed by atoms with Crippen LogP contribution in [0.25, 0.3) is 0 Å². The quantitative estimate of drug-likeness (QED) is 0.710. The lowest BCUT2D eigenvalue weighted by molar-refractivity contribution is -0.119. The van der Waals surface area contributed by atoms with Crippen LogP contribution in [-0.2, 0) is 9.53 Å². The molecule has 0 unspecified atom stereocenters. The standard InChI is InChI=1S/C21H25NO5/c1-5-26-19-12-16(8-11-18(19)25-4)21(24)27-13-20(23)22-17-9-6-15(7-10-17)14(2)3/h6-12,14H,5,13H2,1-4H3,(H,22,23). The largest absolute Gasteiger partial charge is 0.493 e. The van der Waals surface area contributed by atoms with E-state index in [1.165, 1.54) is 18.7 Å². The number of rotatable bonds is 8. The number of amides is 1. The number of carbonyl (C=O) groups is 2. The van der Waals surface area contributed by atoms with E-state index in [1.54, 1.807) is 12.1 Å². The number of hydrogen-bond donors (Lipinski definition) is 1. The molecule has 0 aromatic heterocycles. The maximum absolute atomic E-state index is 12.2. The van der Waals surface area contributed by atoms with Crippen molar-refractivity contribution < 1.29 is 23.8 Å². The summed E-state index contributed by atoms with van der Waals surface area (Å²) in [6.07, 6.45) is 0. The zero-order valence-electron chi connectivity index (χ0n) is 16.1. The van der Waals surface area contributed by atoms with Crippen LogP contribution in [0.15, 0.2) is 42.5 Å². The average molecular weight is 371 g/mol. The Balaban J connectivity index is 1.92. The minimum absolute atomic E-state index is 0.285. The molecule has 0 atom stereocenters. The first-order chi connectivity index (χ1) is 12.9. The van der Waals surface area contributed by atoms with Gasteiger partial charge in [0.2, 0.25) is 0 Å². The minimum Gasteiger partial charge on any atom is -0.493 e. The van der Waals surface area contributed by atoms with Gasteiger partial charge in [-0.1, -0.05) is 26.0 Å². The van der Waals surface area contributed by atoms with Gasteiger partial charge in [0.25, 0.3) is 5.91 Å². The zero-order chi connectivity index (χ0) is 19.8. The zero-order valence-corrected chi connectivity index (χ0v) is 16.1. The van der Waals surface area contributed by atoms with Crippen molar-refractivity contribution in [3.05, 3.63) is 53.6 Å². The Morgan fingerprint density at radius 3 is 2.33 bits per heavy atom. The van der Waals surface area contributed by atoms with Crippen LogP contribution in [0, 0.1) is 0 Å². The van der Waals surface area contributed by atoms with Crippen LogP contribution in [0.2, 0.25) is 0 Å². The van der Waals surface area contributed by atoms with Crippen LogP contribution in [-0.4, -0.2) is 32.2 Å². The van der Waals surface area contributed by atoms with Crippen LogP contribution in [0.1, 0.15) is 42.6 Å². The highest BCUT2D eigenvalue weighted by Crippen LogP contribution is 2.28. The van der Waals surface area contributed by atoms with E-state index >= 15 is 0 Å². The molecule has 0 fully saturated rings. The van der Waals surface area contributed by atoms with Crippen molar-refractivity contribution in [3.8, 4) is 11.5 Å². The second-order valence-corrected chi connectivity index (χ2v) is 6.20. The monoisotopic (exact) mass is 371 g/mol. The summed E-state index contributed by atoms with van der Waals surface area (Å²) < 4.78 is 15.7. The van der Waals surface area contributed by atoms with Gasteiger partial charge in [0.1, 0.15) is 0 Å². The molecule has 0 spiro atoms. The van der Waals surface area contributed by atoms with E-state index in [0.29, 0.717) is 29.7 Å². The van der Waals surface area contributed by atoms with Gasteiger partial charge < -0.3 is 19.5 Å². The second-order valence-electron chi connectivity index (χ2n) is 6.20. The Morgan fingerprint density at radius 2 is 1.74 bits per heavy atom. The van der Waals surface area contributed by atoms with E-state index in [9.17, 15) is 9.59 Å². The van der Waals surface area contributed by atoms with Crippen molar-refractivity contribution in [1.82, 2.24) is 0 Å². The van der Waals surface area contributed by atoms with Crippen molar-refractivity contribution in [1.29, 1.82) is 0 Å². The molecular formula is C21H25NO5. The lowest BCUT2D eigenvalue weighted by Gasteiger charge is -2.11. The fourth-order valence-corrected chi connectivity index (χ4v) is 2.43. The molecule has 0 aliphatic rings. The van der Waals surface area contributed by atoms with Gasteiger partial charge in [0.05, 0.1) is 19.3 Å². The van der Waals surface area contributed by atoms with E-state index in [1.807, 2.05) is 31.2 Å². The van der Waals surface area contributed by atoms with Gasteiger partial charge >= 0.3 is 5.97 Å². The van der Waals surface area contributed by atoms with Gasteiger partial charge in [0.15, 0.2) is 18.1 Å². The molecule has 2 aromatic rings. The number of carbonyl (C=O) groups excluding carboxylic acids is 2. The summed E-state index contributed by atoms with van der Waals surface area (Å²) in [7, 11) is 1.52.